The molecule has 0 aromatic rings. The van der Waals surface area contributed by atoms with Crippen molar-refractivity contribution in [2.45, 2.75) is 59.2 Å². The predicted octanol–water partition coefficient (Wildman–Crippen LogP) is 2.75. The van der Waals surface area contributed by atoms with Gasteiger partial charge in [-0.25, -0.2) is 0 Å². The average Bonchev–Trinajstić information content (AvgIpc) is 1.98. The topological polar surface area (TPSA) is 21.7 Å². The van der Waals surface area contributed by atoms with Gasteiger partial charge in [0.2, 0.25) is 0 Å². The Morgan fingerprint density at radius 1 is 0.800 bits per heavy atom. The molecule has 0 atom stereocenters. The van der Waals surface area contributed by atoms with Gasteiger partial charge in [0.05, 0.1) is 0 Å². The highest BCUT2D eigenvalue weighted by Gasteiger charge is 2.49. The molecule has 0 heterocycles. The minimum absolute atomic E-state index is 0.0330. The van der Waals surface area contributed by atoms with Crippen LogP contribution in [0.25, 0.3) is 0 Å². The molecule has 0 saturated heterocycles. The van der Waals surface area contributed by atoms with E-state index >= 15 is 0 Å². The lowest BCUT2D eigenvalue weighted by atomic mass is 10.0. The molecule has 3 nitrogen and oxygen atoms in total. The third-order valence-corrected chi connectivity index (χ3v) is 6.17. The summed E-state index contributed by atoms with van der Waals surface area (Å²) in [6.07, 6.45) is 0. The van der Waals surface area contributed by atoms with Crippen molar-refractivity contribution in [3.05, 3.63) is 0 Å². The molecule has 15 heavy (non-hydrogen) atoms. The summed E-state index contributed by atoms with van der Waals surface area (Å²) in [5, 5.41) is 0. The van der Waals surface area contributed by atoms with Crippen molar-refractivity contribution in [1.29, 1.82) is 0 Å². The van der Waals surface area contributed by atoms with Gasteiger partial charge in [-0.2, -0.15) is 0 Å². The average molecular weight is 233 g/mol. The van der Waals surface area contributed by atoms with Crippen LogP contribution in [0.2, 0.25) is 6.55 Å². The SMILES string of the molecule is CO[Si](C)(OC)N(C(C)(C)C)C(C)(C)C. The van der Waals surface area contributed by atoms with Gasteiger partial charge in [-0.15, -0.1) is 0 Å². The second-order valence-corrected chi connectivity index (χ2v) is 9.04. The van der Waals surface area contributed by atoms with Crippen LogP contribution in [0.5, 0.6) is 0 Å². The normalized spacial score (nSPS) is 14.8. The van der Waals surface area contributed by atoms with Gasteiger partial charge >= 0.3 is 8.72 Å². The summed E-state index contributed by atoms with van der Waals surface area (Å²) in [5.74, 6) is 0. The maximum Gasteiger partial charge on any atom is 0.424 e. The fourth-order valence-corrected chi connectivity index (χ4v) is 5.46. The quantitative estimate of drug-likeness (QED) is 0.700. The first-order chi connectivity index (χ1) is 6.49. The van der Waals surface area contributed by atoms with Gasteiger partial charge in [0, 0.05) is 25.3 Å². The zero-order valence-electron chi connectivity index (χ0n) is 11.8. The first-order valence-corrected chi connectivity index (χ1v) is 7.66. The molecule has 0 aliphatic heterocycles. The monoisotopic (exact) mass is 233 g/mol. The minimum atomic E-state index is -2.26. The molecule has 0 spiro atoms. The van der Waals surface area contributed by atoms with Crippen LogP contribution in [0, 0.1) is 0 Å². The summed E-state index contributed by atoms with van der Waals surface area (Å²) < 4.78 is 13.7. The number of hydrogen-bond donors (Lipinski definition) is 0. The van der Waals surface area contributed by atoms with E-state index in [1.54, 1.807) is 14.2 Å². The molecular formula is C11H27NO2Si. The van der Waals surface area contributed by atoms with Crippen LogP contribution in [0.3, 0.4) is 0 Å². The molecule has 4 heteroatoms. The summed E-state index contributed by atoms with van der Waals surface area (Å²) in [6.45, 7) is 15.3. The summed E-state index contributed by atoms with van der Waals surface area (Å²) in [5.41, 5.74) is 0.0660. The molecule has 0 aliphatic carbocycles. The van der Waals surface area contributed by atoms with Crippen LogP contribution >= 0.6 is 0 Å². The number of hydrogen-bond acceptors (Lipinski definition) is 3. The summed E-state index contributed by atoms with van der Waals surface area (Å²) in [7, 11) is 1.21. The summed E-state index contributed by atoms with van der Waals surface area (Å²) in [4.78, 5) is 0. The molecule has 0 rings (SSSR count). The van der Waals surface area contributed by atoms with E-state index in [2.05, 4.69) is 52.7 Å². The third kappa shape index (κ3) is 3.55. The van der Waals surface area contributed by atoms with E-state index in [0.29, 0.717) is 0 Å². The molecule has 0 amide bonds. The molecule has 0 aliphatic rings. The molecule has 0 aromatic heterocycles. The molecular weight excluding hydrogens is 206 g/mol. The molecule has 92 valence electrons. The number of nitrogens with zero attached hydrogens (tertiary/aromatic N) is 1. The van der Waals surface area contributed by atoms with Gasteiger partial charge in [0.1, 0.15) is 0 Å². The number of rotatable bonds is 3. The molecule has 0 saturated carbocycles. The first kappa shape index (κ1) is 15.1. The zero-order valence-corrected chi connectivity index (χ0v) is 12.8. The van der Waals surface area contributed by atoms with E-state index in [4.69, 9.17) is 8.85 Å². The Labute approximate surface area is 96.1 Å². The van der Waals surface area contributed by atoms with Gasteiger partial charge in [0.25, 0.3) is 0 Å². The third-order valence-electron chi connectivity index (χ3n) is 2.51. The Kier molecular flexibility index (Phi) is 4.56. The van der Waals surface area contributed by atoms with Gasteiger partial charge < -0.3 is 8.85 Å². The molecule has 0 radical (unpaired) electrons. The van der Waals surface area contributed by atoms with Gasteiger partial charge in [-0.1, -0.05) is 0 Å². The maximum atomic E-state index is 5.64. The van der Waals surface area contributed by atoms with Crippen molar-refractivity contribution < 1.29 is 8.85 Å². The summed E-state index contributed by atoms with van der Waals surface area (Å²) in [6, 6.07) is 0. The van der Waals surface area contributed by atoms with E-state index in [9.17, 15) is 0 Å². The van der Waals surface area contributed by atoms with E-state index in [1.807, 2.05) is 0 Å². The Hall–Kier alpha value is 0.0969. The van der Waals surface area contributed by atoms with Crippen molar-refractivity contribution in [1.82, 2.24) is 4.57 Å². The fraction of sp³-hybridized carbons (Fsp3) is 1.00. The molecule has 0 unspecified atom stereocenters. The lowest BCUT2D eigenvalue weighted by Gasteiger charge is -2.51. The van der Waals surface area contributed by atoms with Crippen molar-refractivity contribution >= 4 is 8.72 Å². The van der Waals surface area contributed by atoms with Crippen molar-refractivity contribution in [2.75, 3.05) is 14.2 Å². The van der Waals surface area contributed by atoms with Crippen LogP contribution in [-0.4, -0.2) is 38.6 Å². The molecule has 0 N–H and O–H groups in total. The Morgan fingerprint density at radius 2 is 1.07 bits per heavy atom. The van der Waals surface area contributed by atoms with Crippen LogP contribution in [0.1, 0.15) is 41.5 Å². The van der Waals surface area contributed by atoms with Crippen LogP contribution in [-0.2, 0) is 8.85 Å². The largest absolute Gasteiger partial charge is 0.424 e. The van der Waals surface area contributed by atoms with E-state index in [-0.39, 0.29) is 11.1 Å². The van der Waals surface area contributed by atoms with Gasteiger partial charge in [0.15, 0.2) is 0 Å². The van der Waals surface area contributed by atoms with Crippen molar-refractivity contribution in [3.63, 3.8) is 0 Å². The van der Waals surface area contributed by atoms with E-state index in [0.717, 1.165) is 0 Å². The second-order valence-electron chi connectivity index (χ2n) is 5.98. The van der Waals surface area contributed by atoms with Crippen LogP contribution in [0.15, 0.2) is 0 Å². The minimum Gasteiger partial charge on any atom is -0.386 e. The van der Waals surface area contributed by atoms with Crippen molar-refractivity contribution in [3.8, 4) is 0 Å². The van der Waals surface area contributed by atoms with Gasteiger partial charge in [-0.05, 0) is 48.1 Å². The maximum absolute atomic E-state index is 5.64. The highest BCUT2D eigenvalue weighted by molar-refractivity contribution is 6.63. The molecule has 0 fully saturated rings. The van der Waals surface area contributed by atoms with Crippen LogP contribution < -0.4 is 0 Å². The zero-order chi connectivity index (χ0) is 12.5. The smallest absolute Gasteiger partial charge is 0.386 e. The van der Waals surface area contributed by atoms with Crippen molar-refractivity contribution in [2.24, 2.45) is 0 Å². The lowest BCUT2D eigenvalue weighted by Crippen LogP contribution is -2.68. The van der Waals surface area contributed by atoms with E-state index in [1.165, 1.54) is 0 Å². The Morgan fingerprint density at radius 3 is 1.13 bits per heavy atom. The van der Waals surface area contributed by atoms with Gasteiger partial charge in [-0.3, -0.25) is 4.57 Å². The Balaban J connectivity index is 5.30. The standard InChI is InChI=1S/C11H27NO2Si/c1-10(2,3)12(11(4,5)6)15(9,13-7)14-8/h1-9H3. The molecule has 0 bridgehead atoms. The van der Waals surface area contributed by atoms with Crippen LogP contribution in [0.4, 0.5) is 0 Å². The highest BCUT2D eigenvalue weighted by Crippen LogP contribution is 2.31. The predicted molar refractivity (Wildman–Crippen MR) is 67.0 cm³/mol. The second kappa shape index (κ2) is 4.53. The lowest BCUT2D eigenvalue weighted by molar-refractivity contribution is 0.0482. The highest BCUT2D eigenvalue weighted by atomic mass is 28.4. The first-order valence-electron chi connectivity index (χ1n) is 5.40. The molecule has 0 aromatic carbocycles. The Bertz CT molecular complexity index is 188. The summed E-state index contributed by atoms with van der Waals surface area (Å²) >= 11 is 0. The fourth-order valence-electron chi connectivity index (χ4n) is 2.49. The van der Waals surface area contributed by atoms with E-state index < -0.39 is 8.72 Å².